The van der Waals surface area contributed by atoms with Gasteiger partial charge in [-0.3, -0.25) is 19.3 Å². The summed E-state index contributed by atoms with van der Waals surface area (Å²) in [7, 11) is 1.55. The summed E-state index contributed by atoms with van der Waals surface area (Å²) in [5.74, 6) is 0.688. The molecule has 3 unspecified atom stereocenters. The fourth-order valence-corrected chi connectivity index (χ4v) is 4.00. The van der Waals surface area contributed by atoms with Crippen molar-refractivity contribution in [1.29, 1.82) is 0 Å². The van der Waals surface area contributed by atoms with Gasteiger partial charge in [-0.2, -0.15) is 23.5 Å². The Kier molecular flexibility index (Phi) is 12.0. The first-order chi connectivity index (χ1) is 13.0. The fraction of sp³-hybridized carbons (Fsp3) is 0.824. The van der Waals surface area contributed by atoms with Gasteiger partial charge in [0.25, 0.3) is 0 Å². The van der Waals surface area contributed by atoms with Crippen molar-refractivity contribution < 1.29 is 29.0 Å². The number of imide groups is 1. The van der Waals surface area contributed by atoms with E-state index in [2.05, 4.69) is 5.32 Å². The minimum absolute atomic E-state index is 0.0524. The molecule has 27 heavy (non-hydrogen) atoms. The van der Waals surface area contributed by atoms with Crippen LogP contribution in [-0.2, 0) is 23.9 Å². The standard InChI is InChI=1S/C17H30N2O6S2/c1-4-12(10-20)25-16(24-2)11-27-8-5-14(21)18-6-7-19-15(22)9-13(26-3)17(19)23/h12-13,16,20H,4-11H2,1-3H3,(H,18,21). The topological polar surface area (TPSA) is 105 Å². The maximum Gasteiger partial charge on any atom is 0.242 e. The van der Waals surface area contributed by atoms with Crippen LogP contribution in [0.1, 0.15) is 26.2 Å². The fourth-order valence-electron chi connectivity index (χ4n) is 2.46. The summed E-state index contributed by atoms with van der Waals surface area (Å²) < 4.78 is 10.8. The summed E-state index contributed by atoms with van der Waals surface area (Å²) in [4.78, 5) is 36.9. The van der Waals surface area contributed by atoms with E-state index < -0.39 is 6.29 Å². The molecule has 0 aromatic rings. The molecule has 10 heteroatoms. The van der Waals surface area contributed by atoms with Gasteiger partial charge in [0.2, 0.25) is 17.7 Å². The maximum atomic E-state index is 12.0. The van der Waals surface area contributed by atoms with Crippen LogP contribution in [0, 0.1) is 0 Å². The molecular formula is C17H30N2O6S2. The number of hydrogen-bond acceptors (Lipinski definition) is 8. The van der Waals surface area contributed by atoms with Crippen LogP contribution >= 0.6 is 23.5 Å². The number of rotatable bonds is 14. The Morgan fingerprint density at radius 3 is 2.74 bits per heavy atom. The Morgan fingerprint density at radius 2 is 2.19 bits per heavy atom. The third-order valence-electron chi connectivity index (χ3n) is 4.14. The van der Waals surface area contributed by atoms with Crippen LogP contribution in [0.3, 0.4) is 0 Å². The quantitative estimate of drug-likeness (QED) is 0.237. The smallest absolute Gasteiger partial charge is 0.242 e. The summed E-state index contributed by atoms with van der Waals surface area (Å²) in [6, 6.07) is 0. The SMILES string of the molecule is CCC(CO)OC(CSCCC(=O)NCCN1C(=O)CC(SC)C1=O)OC. The Hall–Kier alpha value is -0.810. The number of nitrogens with zero attached hydrogens (tertiary/aromatic N) is 1. The number of methoxy groups -OCH3 is 1. The highest BCUT2D eigenvalue weighted by Gasteiger charge is 2.37. The van der Waals surface area contributed by atoms with E-state index in [0.717, 1.165) is 0 Å². The molecule has 156 valence electrons. The van der Waals surface area contributed by atoms with Gasteiger partial charge in [0, 0.05) is 44.5 Å². The van der Waals surface area contributed by atoms with E-state index in [1.165, 1.54) is 28.4 Å². The molecule has 1 fully saturated rings. The maximum absolute atomic E-state index is 12.0. The molecule has 1 rings (SSSR count). The number of nitrogens with one attached hydrogen (secondary N) is 1. The van der Waals surface area contributed by atoms with Gasteiger partial charge in [0.1, 0.15) is 0 Å². The van der Waals surface area contributed by atoms with Crippen molar-refractivity contribution in [1.82, 2.24) is 10.2 Å². The lowest BCUT2D eigenvalue weighted by molar-refractivity contribution is -0.151. The zero-order chi connectivity index (χ0) is 20.2. The van der Waals surface area contributed by atoms with E-state index >= 15 is 0 Å². The Labute approximate surface area is 169 Å². The summed E-state index contributed by atoms with van der Waals surface area (Å²) in [6.07, 6.45) is 2.40. The zero-order valence-corrected chi connectivity index (χ0v) is 17.8. The predicted octanol–water partition coefficient (Wildman–Crippen LogP) is 0.476. The Balaban J connectivity index is 2.17. The van der Waals surface area contributed by atoms with Gasteiger partial charge in [0.15, 0.2) is 6.29 Å². The molecule has 1 heterocycles. The highest BCUT2D eigenvalue weighted by atomic mass is 32.2. The molecule has 0 radical (unpaired) electrons. The van der Waals surface area contributed by atoms with Gasteiger partial charge in [-0.25, -0.2) is 0 Å². The van der Waals surface area contributed by atoms with E-state index in [-0.39, 0.29) is 55.2 Å². The molecular weight excluding hydrogens is 392 g/mol. The summed E-state index contributed by atoms with van der Waals surface area (Å²) in [6.45, 7) is 2.35. The number of aliphatic hydroxyl groups is 1. The molecule has 0 aromatic carbocycles. The van der Waals surface area contributed by atoms with Crippen molar-refractivity contribution in [2.24, 2.45) is 0 Å². The largest absolute Gasteiger partial charge is 0.394 e. The lowest BCUT2D eigenvalue weighted by atomic mass is 10.3. The van der Waals surface area contributed by atoms with Gasteiger partial charge >= 0.3 is 0 Å². The first-order valence-electron chi connectivity index (χ1n) is 8.97. The van der Waals surface area contributed by atoms with E-state index in [1.54, 1.807) is 7.11 Å². The normalized spacial score (nSPS) is 19.4. The zero-order valence-electron chi connectivity index (χ0n) is 16.1. The van der Waals surface area contributed by atoms with Gasteiger partial charge in [-0.15, -0.1) is 0 Å². The number of aliphatic hydroxyl groups excluding tert-OH is 1. The highest BCUT2D eigenvalue weighted by Crippen LogP contribution is 2.22. The molecule has 1 aliphatic heterocycles. The number of thioether (sulfide) groups is 2. The first kappa shape index (κ1) is 24.2. The third kappa shape index (κ3) is 8.39. The van der Waals surface area contributed by atoms with Gasteiger partial charge in [0.05, 0.1) is 18.0 Å². The molecule has 2 N–H and O–H groups in total. The van der Waals surface area contributed by atoms with Crippen LogP contribution in [-0.4, -0.2) is 89.9 Å². The molecule has 0 aliphatic carbocycles. The molecule has 0 aromatic heterocycles. The van der Waals surface area contributed by atoms with Crippen molar-refractivity contribution in [3.63, 3.8) is 0 Å². The lowest BCUT2D eigenvalue weighted by Crippen LogP contribution is -2.38. The molecule has 1 saturated heterocycles. The summed E-state index contributed by atoms with van der Waals surface area (Å²) >= 11 is 2.90. The number of ether oxygens (including phenoxy) is 2. The van der Waals surface area contributed by atoms with E-state index in [1.807, 2.05) is 13.2 Å². The summed E-state index contributed by atoms with van der Waals surface area (Å²) in [5.41, 5.74) is 0. The van der Waals surface area contributed by atoms with Crippen molar-refractivity contribution in [2.75, 3.05) is 44.6 Å². The minimum atomic E-state index is -0.424. The molecule has 0 bridgehead atoms. The number of carbonyl (C=O) groups excluding carboxylic acids is 3. The first-order valence-corrected chi connectivity index (χ1v) is 11.4. The van der Waals surface area contributed by atoms with Gasteiger partial charge < -0.3 is 19.9 Å². The molecule has 0 spiro atoms. The number of carbonyl (C=O) groups is 3. The number of hydrogen-bond donors (Lipinski definition) is 2. The average Bonchev–Trinajstić information content (AvgIpc) is 2.95. The van der Waals surface area contributed by atoms with Crippen LogP contribution in [0.25, 0.3) is 0 Å². The van der Waals surface area contributed by atoms with Gasteiger partial charge in [-0.05, 0) is 12.7 Å². The molecule has 1 aliphatic rings. The van der Waals surface area contributed by atoms with Crippen LogP contribution < -0.4 is 5.32 Å². The van der Waals surface area contributed by atoms with Crippen molar-refractivity contribution in [2.45, 2.75) is 43.8 Å². The van der Waals surface area contributed by atoms with Crippen molar-refractivity contribution in [3.8, 4) is 0 Å². The molecule has 3 amide bonds. The average molecular weight is 423 g/mol. The second kappa shape index (κ2) is 13.4. The van der Waals surface area contributed by atoms with Crippen LogP contribution in [0.2, 0.25) is 0 Å². The number of likely N-dealkylation sites (tertiary alicyclic amines) is 1. The molecule has 8 nitrogen and oxygen atoms in total. The predicted molar refractivity (Wildman–Crippen MR) is 107 cm³/mol. The molecule has 3 atom stereocenters. The van der Waals surface area contributed by atoms with E-state index in [0.29, 0.717) is 24.3 Å². The van der Waals surface area contributed by atoms with Crippen LogP contribution in [0.4, 0.5) is 0 Å². The number of amides is 3. The van der Waals surface area contributed by atoms with E-state index in [4.69, 9.17) is 14.6 Å². The highest BCUT2D eigenvalue weighted by molar-refractivity contribution is 8.00. The van der Waals surface area contributed by atoms with E-state index in [9.17, 15) is 14.4 Å². The monoisotopic (exact) mass is 422 g/mol. The second-order valence-electron chi connectivity index (χ2n) is 6.00. The third-order valence-corrected chi connectivity index (χ3v) is 6.08. The van der Waals surface area contributed by atoms with Crippen LogP contribution in [0.5, 0.6) is 0 Å². The van der Waals surface area contributed by atoms with Gasteiger partial charge in [-0.1, -0.05) is 6.92 Å². The lowest BCUT2D eigenvalue weighted by Gasteiger charge is -2.21. The summed E-state index contributed by atoms with van der Waals surface area (Å²) in [5, 5.41) is 11.6. The minimum Gasteiger partial charge on any atom is -0.394 e. The van der Waals surface area contributed by atoms with Crippen molar-refractivity contribution >= 4 is 41.2 Å². The second-order valence-corrected chi connectivity index (χ2v) is 8.19. The van der Waals surface area contributed by atoms with Crippen LogP contribution in [0.15, 0.2) is 0 Å². The Bertz CT molecular complexity index is 490. The molecule has 0 saturated carbocycles. The Morgan fingerprint density at radius 1 is 1.44 bits per heavy atom. The van der Waals surface area contributed by atoms with Crippen molar-refractivity contribution in [3.05, 3.63) is 0 Å².